The molecule has 0 saturated heterocycles. The van der Waals surface area contributed by atoms with Crippen LogP contribution in [-0.2, 0) is 16.6 Å². The molecule has 0 spiro atoms. The molecule has 152 valence electrons. The van der Waals surface area contributed by atoms with Gasteiger partial charge in [0.1, 0.15) is 5.82 Å². The molecule has 2 N–H and O–H groups in total. The number of hydrogen-bond acceptors (Lipinski definition) is 5. The van der Waals surface area contributed by atoms with Gasteiger partial charge in [-0.05, 0) is 46.7 Å². The minimum Gasteiger partial charge on any atom is -0.332 e. The monoisotopic (exact) mass is 406 g/mol. The predicted octanol–water partition coefficient (Wildman–Crippen LogP) is 2.45. The summed E-state index contributed by atoms with van der Waals surface area (Å²) in [6.07, 6.45) is 1.52. The summed E-state index contributed by atoms with van der Waals surface area (Å²) in [5.41, 5.74) is 3.32. The van der Waals surface area contributed by atoms with Crippen LogP contribution in [0.3, 0.4) is 0 Å². The van der Waals surface area contributed by atoms with Crippen LogP contribution in [0.25, 0.3) is 11.4 Å². The lowest BCUT2D eigenvalue weighted by molar-refractivity contribution is -0.121. The Balaban J connectivity index is 1.63. The van der Waals surface area contributed by atoms with E-state index in [0.717, 1.165) is 11.1 Å². The molecule has 3 aromatic rings. The van der Waals surface area contributed by atoms with Crippen LogP contribution in [0, 0.1) is 12.7 Å². The van der Waals surface area contributed by atoms with E-state index < -0.39 is 5.92 Å². The second-order valence-electron chi connectivity index (χ2n) is 7.09. The molecule has 0 saturated carbocycles. The Labute approximate surface area is 171 Å². The number of hydrogen-bond donors (Lipinski definition) is 2. The Morgan fingerprint density at radius 1 is 1.23 bits per heavy atom. The molecular formula is C21H19FN6O2. The fraction of sp³-hybridized carbons (Fsp3) is 0.190. The zero-order valence-electron chi connectivity index (χ0n) is 16.4. The van der Waals surface area contributed by atoms with Crippen LogP contribution in [0.5, 0.6) is 0 Å². The van der Waals surface area contributed by atoms with Crippen LogP contribution in [0.15, 0.2) is 54.2 Å². The van der Waals surface area contributed by atoms with Gasteiger partial charge in [-0.3, -0.25) is 9.59 Å². The number of anilines is 1. The minimum atomic E-state index is -0.467. The van der Waals surface area contributed by atoms with Crippen LogP contribution in [0.2, 0.25) is 0 Å². The maximum absolute atomic E-state index is 13.3. The molecule has 0 unspecified atom stereocenters. The van der Waals surface area contributed by atoms with Gasteiger partial charge in [0.2, 0.25) is 5.91 Å². The van der Waals surface area contributed by atoms with Gasteiger partial charge < -0.3 is 10.6 Å². The maximum atomic E-state index is 13.3. The Morgan fingerprint density at radius 3 is 2.70 bits per heavy atom. The van der Waals surface area contributed by atoms with Crippen molar-refractivity contribution in [1.82, 2.24) is 25.5 Å². The molecule has 0 aliphatic carbocycles. The van der Waals surface area contributed by atoms with Crippen LogP contribution in [-0.4, -0.2) is 32.0 Å². The standard InChI is InChI=1S/C21H19FN6O2/c1-12-3-4-14(20-25-26-27-28(20)2)9-18(12)24-21(30)17-11-23-19(29)10-16(17)13-5-7-15(22)8-6-13/h3-9,11,16H,10H2,1-2H3,(H,23,29)(H,24,30)/t16-/m0/s1. The van der Waals surface area contributed by atoms with Crippen molar-refractivity contribution in [2.75, 3.05) is 5.32 Å². The summed E-state index contributed by atoms with van der Waals surface area (Å²) in [5.74, 6) is -0.821. The summed E-state index contributed by atoms with van der Waals surface area (Å²) in [6.45, 7) is 1.88. The molecule has 2 heterocycles. The van der Waals surface area contributed by atoms with E-state index in [4.69, 9.17) is 0 Å². The van der Waals surface area contributed by atoms with E-state index in [-0.39, 0.29) is 24.1 Å². The molecule has 1 aliphatic rings. The smallest absolute Gasteiger partial charge is 0.253 e. The van der Waals surface area contributed by atoms with Crippen molar-refractivity contribution in [3.05, 3.63) is 71.2 Å². The molecular weight excluding hydrogens is 387 g/mol. The fourth-order valence-corrected chi connectivity index (χ4v) is 3.39. The van der Waals surface area contributed by atoms with E-state index in [1.165, 1.54) is 18.3 Å². The highest BCUT2D eigenvalue weighted by Crippen LogP contribution is 2.32. The summed E-state index contributed by atoms with van der Waals surface area (Å²) in [5, 5.41) is 17.0. The first kappa shape index (κ1) is 19.4. The van der Waals surface area contributed by atoms with Crippen LogP contribution < -0.4 is 10.6 Å². The highest BCUT2D eigenvalue weighted by atomic mass is 19.1. The quantitative estimate of drug-likeness (QED) is 0.693. The third kappa shape index (κ3) is 3.82. The molecule has 1 atom stereocenters. The van der Waals surface area contributed by atoms with E-state index >= 15 is 0 Å². The summed E-state index contributed by atoms with van der Waals surface area (Å²) in [7, 11) is 1.73. The van der Waals surface area contributed by atoms with Crippen molar-refractivity contribution in [3.8, 4) is 11.4 Å². The zero-order chi connectivity index (χ0) is 21.3. The number of carbonyl (C=O) groups excluding carboxylic acids is 2. The lowest BCUT2D eigenvalue weighted by Gasteiger charge is -2.24. The lowest BCUT2D eigenvalue weighted by Crippen LogP contribution is -2.32. The summed E-state index contributed by atoms with van der Waals surface area (Å²) in [6, 6.07) is 11.4. The van der Waals surface area contributed by atoms with E-state index in [1.54, 1.807) is 29.9 Å². The van der Waals surface area contributed by atoms with Gasteiger partial charge in [0, 0.05) is 42.4 Å². The fourth-order valence-electron chi connectivity index (χ4n) is 3.39. The van der Waals surface area contributed by atoms with Crippen LogP contribution in [0.1, 0.15) is 23.5 Å². The number of amides is 2. The number of nitrogens with zero attached hydrogens (tertiary/aromatic N) is 4. The molecule has 2 aromatic carbocycles. The van der Waals surface area contributed by atoms with Gasteiger partial charge in [-0.1, -0.05) is 24.3 Å². The molecule has 9 heteroatoms. The van der Waals surface area contributed by atoms with Gasteiger partial charge in [0.05, 0.1) is 0 Å². The highest BCUT2D eigenvalue weighted by molar-refractivity contribution is 6.07. The van der Waals surface area contributed by atoms with Crippen molar-refractivity contribution in [2.45, 2.75) is 19.3 Å². The number of rotatable bonds is 4. The second-order valence-corrected chi connectivity index (χ2v) is 7.09. The first-order valence-corrected chi connectivity index (χ1v) is 9.32. The average Bonchev–Trinajstić information content (AvgIpc) is 3.16. The summed E-state index contributed by atoms with van der Waals surface area (Å²) >= 11 is 0. The van der Waals surface area contributed by atoms with E-state index in [1.807, 2.05) is 19.1 Å². The summed E-state index contributed by atoms with van der Waals surface area (Å²) < 4.78 is 14.9. The van der Waals surface area contributed by atoms with Gasteiger partial charge in [0.25, 0.3) is 5.91 Å². The molecule has 0 bridgehead atoms. The number of aromatic nitrogens is 4. The van der Waals surface area contributed by atoms with Gasteiger partial charge in [-0.15, -0.1) is 5.10 Å². The number of carbonyl (C=O) groups is 2. The van der Waals surface area contributed by atoms with Gasteiger partial charge in [0.15, 0.2) is 5.82 Å². The van der Waals surface area contributed by atoms with Gasteiger partial charge >= 0.3 is 0 Å². The Kier molecular flexibility index (Phi) is 5.09. The van der Waals surface area contributed by atoms with Crippen molar-refractivity contribution >= 4 is 17.5 Å². The van der Waals surface area contributed by atoms with Crippen molar-refractivity contribution in [2.24, 2.45) is 7.05 Å². The molecule has 0 fully saturated rings. The normalized spacial score (nSPS) is 16.0. The van der Waals surface area contributed by atoms with Crippen LogP contribution in [0.4, 0.5) is 10.1 Å². The first-order chi connectivity index (χ1) is 14.4. The van der Waals surface area contributed by atoms with Crippen LogP contribution >= 0.6 is 0 Å². The summed E-state index contributed by atoms with van der Waals surface area (Å²) in [4.78, 5) is 25.0. The van der Waals surface area contributed by atoms with Gasteiger partial charge in [-0.25, -0.2) is 9.07 Å². The molecule has 30 heavy (non-hydrogen) atoms. The predicted molar refractivity (Wildman–Crippen MR) is 108 cm³/mol. The number of halogens is 1. The van der Waals surface area contributed by atoms with Crippen molar-refractivity contribution < 1.29 is 14.0 Å². The van der Waals surface area contributed by atoms with E-state index in [2.05, 4.69) is 26.2 Å². The zero-order valence-corrected chi connectivity index (χ0v) is 16.4. The Bertz CT molecular complexity index is 1150. The molecule has 1 aliphatic heterocycles. The first-order valence-electron chi connectivity index (χ1n) is 9.32. The molecule has 4 rings (SSSR count). The molecule has 1 aromatic heterocycles. The molecule has 8 nitrogen and oxygen atoms in total. The topological polar surface area (TPSA) is 102 Å². The average molecular weight is 406 g/mol. The number of tetrazole rings is 1. The van der Waals surface area contributed by atoms with E-state index in [0.29, 0.717) is 22.6 Å². The largest absolute Gasteiger partial charge is 0.332 e. The number of nitrogens with one attached hydrogen (secondary N) is 2. The third-order valence-corrected chi connectivity index (χ3v) is 5.05. The SMILES string of the molecule is Cc1ccc(-c2nnnn2C)cc1NC(=O)C1=CNC(=O)C[C@H]1c1ccc(F)cc1. The number of aryl methyl sites for hydroxylation is 2. The lowest BCUT2D eigenvalue weighted by atomic mass is 9.86. The Hall–Kier alpha value is -3.88. The number of benzene rings is 2. The highest BCUT2D eigenvalue weighted by Gasteiger charge is 2.29. The van der Waals surface area contributed by atoms with Crippen molar-refractivity contribution in [3.63, 3.8) is 0 Å². The maximum Gasteiger partial charge on any atom is 0.253 e. The second kappa shape index (κ2) is 7.86. The molecule has 0 radical (unpaired) electrons. The molecule has 2 amide bonds. The van der Waals surface area contributed by atoms with E-state index in [9.17, 15) is 14.0 Å². The minimum absolute atomic E-state index is 0.106. The van der Waals surface area contributed by atoms with Crippen molar-refractivity contribution in [1.29, 1.82) is 0 Å². The van der Waals surface area contributed by atoms with Gasteiger partial charge in [-0.2, -0.15) is 0 Å². The Morgan fingerprint density at radius 2 is 2.00 bits per heavy atom. The third-order valence-electron chi connectivity index (χ3n) is 5.05.